The molecular formula is C26H28BrClN2O3S. The first-order valence-corrected chi connectivity index (χ1v) is 13.1. The molecule has 0 radical (unpaired) electrons. The highest BCUT2D eigenvalue weighted by Crippen LogP contribution is 2.39. The fraction of sp³-hybridized carbons (Fsp3) is 0.385. The molecule has 1 saturated carbocycles. The molecule has 0 spiro atoms. The van der Waals surface area contributed by atoms with E-state index in [2.05, 4.69) is 15.9 Å². The SMILES string of the molecule is CCOc1cc(/C=C2/C(=O)N(C3CCCCC3)C(=S)N2C)cc(Br)c1OCc1ccccc1Cl. The van der Waals surface area contributed by atoms with Crippen LogP contribution in [0.5, 0.6) is 11.5 Å². The fourth-order valence-corrected chi connectivity index (χ4v) is 5.53. The molecule has 2 fully saturated rings. The van der Waals surface area contributed by atoms with Gasteiger partial charge in [-0.15, -0.1) is 0 Å². The monoisotopic (exact) mass is 562 g/mol. The summed E-state index contributed by atoms with van der Waals surface area (Å²) in [6, 6.07) is 11.6. The first-order chi connectivity index (χ1) is 16.4. The molecule has 0 atom stereocenters. The number of nitrogens with zero attached hydrogens (tertiary/aromatic N) is 2. The number of thiocarbonyl (C=S) groups is 1. The van der Waals surface area contributed by atoms with Gasteiger partial charge >= 0.3 is 0 Å². The van der Waals surface area contributed by atoms with Gasteiger partial charge in [0.15, 0.2) is 16.6 Å². The van der Waals surface area contributed by atoms with Crippen molar-refractivity contribution in [2.24, 2.45) is 0 Å². The average molecular weight is 564 g/mol. The molecule has 34 heavy (non-hydrogen) atoms. The van der Waals surface area contributed by atoms with Gasteiger partial charge in [0, 0.05) is 23.7 Å². The van der Waals surface area contributed by atoms with Gasteiger partial charge in [0.05, 0.1) is 11.1 Å². The minimum absolute atomic E-state index is 0.0347. The van der Waals surface area contributed by atoms with Gasteiger partial charge in [-0.2, -0.15) is 0 Å². The maximum Gasteiger partial charge on any atom is 0.277 e. The van der Waals surface area contributed by atoms with E-state index in [1.807, 2.05) is 61.3 Å². The van der Waals surface area contributed by atoms with Crippen LogP contribution in [0.1, 0.15) is 50.2 Å². The summed E-state index contributed by atoms with van der Waals surface area (Å²) in [5.74, 6) is 1.15. The van der Waals surface area contributed by atoms with E-state index in [1.54, 1.807) is 4.90 Å². The number of carbonyl (C=O) groups is 1. The highest BCUT2D eigenvalue weighted by Gasteiger charge is 2.40. The van der Waals surface area contributed by atoms with Crippen molar-refractivity contribution in [1.82, 2.24) is 9.80 Å². The number of carbonyl (C=O) groups excluding carboxylic acids is 1. The molecule has 5 nitrogen and oxygen atoms in total. The molecule has 180 valence electrons. The molecule has 0 N–H and O–H groups in total. The second kappa shape index (κ2) is 11.1. The van der Waals surface area contributed by atoms with Crippen LogP contribution >= 0.6 is 39.7 Å². The predicted molar refractivity (Wildman–Crippen MR) is 143 cm³/mol. The van der Waals surface area contributed by atoms with Crippen molar-refractivity contribution in [2.45, 2.75) is 51.7 Å². The molecule has 4 rings (SSSR count). The van der Waals surface area contributed by atoms with Crippen LogP contribution < -0.4 is 9.47 Å². The molecule has 8 heteroatoms. The molecule has 1 saturated heterocycles. The van der Waals surface area contributed by atoms with E-state index in [1.165, 1.54) is 6.42 Å². The van der Waals surface area contributed by atoms with E-state index < -0.39 is 0 Å². The van der Waals surface area contributed by atoms with Gasteiger partial charge in [0.2, 0.25) is 0 Å². The standard InChI is InChI=1S/C26H28BrClN2O3S/c1-3-32-23-15-17(13-20(27)24(23)33-16-18-9-7-8-12-21(18)28)14-22-25(31)30(26(34)29(22)2)19-10-5-4-6-11-19/h7-9,12-15,19H,3-6,10-11,16H2,1-2H3/b22-14-. The summed E-state index contributed by atoms with van der Waals surface area (Å²) in [5, 5.41) is 1.23. The van der Waals surface area contributed by atoms with Gasteiger partial charge in [0.25, 0.3) is 5.91 Å². The van der Waals surface area contributed by atoms with Crippen LogP contribution in [0.25, 0.3) is 6.08 Å². The highest BCUT2D eigenvalue weighted by molar-refractivity contribution is 9.10. The third-order valence-electron chi connectivity index (χ3n) is 6.20. The smallest absolute Gasteiger partial charge is 0.277 e. The Labute approximate surface area is 219 Å². The maximum atomic E-state index is 13.3. The topological polar surface area (TPSA) is 42.0 Å². The van der Waals surface area contributed by atoms with Crippen LogP contribution in [0.3, 0.4) is 0 Å². The lowest BCUT2D eigenvalue weighted by Crippen LogP contribution is -2.41. The Morgan fingerprint density at radius 1 is 1.18 bits per heavy atom. The van der Waals surface area contributed by atoms with E-state index in [0.717, 1.165) is 41.3 Å². The van der Waals surface area contributed by atoms with Crippen molar-refractivity contribution in [3.8, 4) is 11.5 Å². The van der Waals surface area contributed by atoms with Gasteiger partial charge < -0.3 is 14.4 Å². The summed E-state index contributed by atoms with van der Waals surface area (Å²) in [5.41, 5.74) is 2.28. The van der Waals surface area contributed by atoms with Gasteiger partial charge in [-0.05, 0) is 77.8 Å². The Bertz CT molecular complexity index is 1120. The zero-order valence-electron chi connectivity index (χ0n) is 19.4. The largest absolute Gasteiger partial charge is 0.490 e. The Morgan fingerprint density at radius 3 is 2.62 bits per heavy atom. The summed E-state index contributed by atoms with van der Waals surface area (Å²) in [4.78, 5) is 16.9. The fourth-order valence-electron chi connectivity index (χ4n) is 4.44. The molecular weight excluding hydrogens is 536 g/mol. The summed E-state index contributed by atoms with van der Waals surface area (Å²) >= 11 is 15.5. The molecule has 1 aliphatic carbocycles. The summed E-state index contributed by atoms with van der Waals surface area (Å²) in [6.07, 6.45) is 7.38. The van der Waals surface area contributed by atoms with Crippen LogP contribution in [0.15, 0.2) is 46.6 Å². The first kappa shape index (κ1) is 25.0. The Kier molecular flexibility index (Phi) is 8.17. The van der Waals surface area contributed by atoms with Crippen LogP contribution in [0, 0.1) is 0 Å². The van der Waals surface area contributed by atoms with Crippen molar-refractivity contribution >= 4 is 56.8 Å². The number of hydrogen-bond acceptors (Lipinski definition) is 4. The maximum absolute atomic E-state index is 13.3. The zero-order chi connectivity index (χ0) is 24.2. The van der Waals surface area contributed by atoms with E-state index in [0.29, 0.717) is 40.5 Å². The predicted octanol–water partition coefficient (Wildman–Crippen LogP) is 6.81. The molecule has 0 unspecified atom stereocenters. The van der Waals surface area contributed by atoms with Crippen LogP contribution in [-0.2, 0) is 11.4 Å². The third-order valence-corrected chi connectivity index (χ3v) is 7.63. The second-order valence-electron chi connectivity index (χ2n) is 8.48. The Hall–Kier alpha value is -2.09. The van der Waals surface area contributed by atoms with Gasteiger partial charge in [0.1, 0.15) is 12.3 Å². The van der Waals surface area contributed by atoms with E-state index in [9.17, 15) is 4.79 Å². The highest BCUT2D eigenvalue weighted by atomic mass is 79.9. The molecule has 2 aliphatic rings. The minimum Gasteiger partial charge on any atom is -0.490 e. The number of ether oxygens (including phenoxy) is 2. The lowest BCUT2D eigenvalue weighted by Gasteiger charge is -2.30. The van der Waals surface area contributed by atoms with Gasteiger partial charge in [-0.3, -0.25) is 9.69 Å². The number of likely N-dealkylation sites (N-methyl/N-ethyl adjacent to an activating group) is 1. The van der Waals surface area contributed by atoms with Crippen molar-refractivity contribution in [1.29, 1.82) is 0 Å². The molecule has 1 aliphatic heterocycles. The third kappa shape index (κ3) is 5.26. The van der Waals surface area contributed by atoms with Gasteiger partial charge in [-0.25, -0.2) is 0 Å². The quantitative estimate of drug-likeness (QED) is 0.273. The average Bonchev–Trinajstić information content (AvgIpc) is 3.03. The Balaban J connectivity index is 1.61. The number of rotatable bonds is 7. The van der Waals surface area contributed by atoms with Crippen molar-refractivity contribution in [3.05, 3.63) is 62.7 Å². The van der Waals surface area contributed by atoms with Crippen molar-refractivity contribution in [3.63, 3.8) is 0 Å². The number of benzene rings is 2. The Morgan fingerprint density at radius 2 is 1.91 bits per heavy atom. The molecule has 1 amide bonds. The number of hydrogen-bond donors (Lipinski definition) is 0. The number of halogens is 2. The molecule has 1 heterocycles. The first-order valence-electron chi connectivity index (χ1n) is 11.6. The summed E-state index contributed by atoms with van der Waals surface area (Å²) in [7, 11) is 1.86. The molecule has 0 bridgehead atoms. The molecule has 2 aromatic carbocycles. The van der Waals surface area contributed by atoms with E-state index >= 15 is 0 Å². The lowest BCUT2D eigenvalue weighted by molar-refractivity contribution is -0.124. The van der Waals surface area contributed by atoms with Crippen molar-refractivity contribution < 1.29 is 14.3 Å². The van der Waals surface area contributed by atoms with Crippen LogP contribution in [0.4, 0.5) is 0 Å². The van der Waals surface area contributed by atoms with E-state index in [4.69, 9.17) is 33.3 Å². The van der Waals surface area contributed by atoms with Crippen LogP contribution in [0.2, 0.25) is 5.02 Å². The minimum atomic E-state index is -0.0347. The van der Waals surface area contributed by atoms with Crippen LogP contribution in [-0.4, -0.2) is 40.5 Å². The zero-order valence-corrected chi connectivity index (χ0v) is 22.5. The lowest BCUT2D eigenvalue weighted by atomic mass is 9.94. The normalized spacial score (nSPS) is 18.2. The second-order valence-corrected chi connectivity index (χ2v) is 10.1. The van der Waals surface area contributed by atoms with E-state index in [-0.39, 0.29) is 11.9 Å². The number of amides is 1. The molecule has 2 aromatic rings. The van der Waals surface area contributed by atoms with Crippen molar-refractivity contribution in [2.75, 3.05) is 13.7 Å². The van der Waals surface area contributed by atoms with Gasteiger partial charge in [-0.1, -0.05) is 49.1 Å². The summed E-state index contributed by atoms with van der Waals surface area (Å²) in [6.45, 7) is 2.71. The molecule has 0 aromatic heterocycles. The summed E-state index contributed by atoms with van der Waals surface area (Å²) < 4.78 is 12.7.